The van der Waals surface area contributed by atoms with Crippen LogP contribution in [0.5, 0.6) is 17.5 Å². The largest absolute Gasteiger partial charge is 0.494 e. The van der Waals surface area contributed by atoms with Crippen molar-refractivity contribution in [1.29, 1.82) is 5.26 Å². The quantitative estimate of drug-likeness (QED) is 0.328. The molecule has 3 aromatic carbocycles. The number of carbonyl (C=O) groups is 1. The number of aromatic nitrogens is 1. The van der Waals surface area contributed by atoms with Crippen molar-refractivity contribution in [3.63, 3.8) is 0 Å². The van der Waals surface area contributed by atoms with Crippen LogP contribution in [0.2, 0.25) is 0 Å². The number of Topliss-reactive ketones (excluding diaryl/α,β-unsaturated/α-hetero) is 1. The monoisotopic (exact) mass is 520 g/mol. The molecule has 2 N–H and O–H groups in total. The number of nitrogens with zero attached hydrogens (tertiary/aromatic N) is 2. The zero-order valence-electron chi connectivity index (χ0n) is 21.7. The standard InChI is InChI=1S/C32H28N2O5/c1-31-13-14-32(39-31,15-16-38-21-10-11-23-19(17-21)5-4-8-26(23)35)28-27(31)29(36)34(30(28)37)25-12-9-20(18-33)22-6-2-3-7-24(22)25/h2-3,6-7,9-12,17,36-37H,4-5,8,13-16H2,1H3/t31-,32-/m1/s1. The fraction of sp³-hybridized carbons (Fsp3) is 0.312. The van der Waals surface area contributed by atoms with E-state index >= 15 is 0 Å². The van der Waals surface area contributed by atoms with Gasteiger partial charge in [-0.2, -0.15) is 5.26 Å². The molecule has 1 fully saturated rings. The lowest BCUT2D eigenvalue weighted by Crippen LogP contribution is -2.25. The summed E-state index contributed by atoms with van der Waals surface area (Å²) in [4.78, 5) is 12.2. The van der Waals surface area contributed by atoms with Gasteiger partial charge < -0.3 is 19.7 Å². The lowest BCUT2D eigenvalue weighted by Gasteiger charge is -2.26. The number of ketones is 1. The second-order valence-corrected chi connectivity index (χ2v) is 11.0. The maximum atomic E-state index is 12.2. The Bertz CT molecular complexity index is 1730. The molecule has 3 aliphatic rings. The van der Waals surface area contributed by atoms with E-state index in [1.807, 2.05) is 49.4 Å². The van der Waals surface area contributed by atoms with Crippen LogP contribution in [0.25, 0.3) is 16.5 Å². The minimum Gasteiger partial charge on any atom is -0.494 e. The zero-order chi connectivity index (χ0) is 26.9. The number of hydrogen-bond donors (Lipinski definition) is 2. The Kier molecular flexibility index (Phi) is 5.10. The molecule has 2 bridgehead atoms. The van der Waals surface area contributed by atoms with Crippen molar-refractivity contribution >= 4 is 16.6 Å². The Morgan fingerprint density at radius 2 is 1.82 bits per heavy atom. The maximum Gasteiger partial charge on any atom is 0.205 e. The summed E-state index contributed by atoms with van der Waals surface area (Å²) in [6.07, 6.45) is 4.24. The lowest BCUT2D eigenvalue weighted by molar-refractivity contribution is -0.0876. The van der Waals surface area contributed by atoms with E-state index in [0.717, 1.165) is 34.7 Å². The first-order valence-corrected chi connectivity index (χ1v) is 13.4. The molecule has 0 spiro atoms. The Balaban J connectivity index is 1.24. The first-order valence-electron chi connectivity index (χ1n) is 13.4. The Morgan fingerprint density at radius 3 is 2.64 bits per heavy atom. The average molecular weight is 521 g/mol. The van der Waals surface area contributed by atoms with Crippen LogP contribution in [-0.2, 0) is 22.4 Å². The molecule has 1 aliphatic carbocycles. The third-order valence-corrected chi connectivity index (χ3v) is 8.80. The normalized spacial score (nSPS) is 23.0. The van der Waals surface area contributed by atoms with Crippen LogP contribution in [-0.4, -0.2) is 27.2 Å². The Morgan fingerprint density at radius 1 is 1.03 bits per heavy atom. The van der Waals surface area contributed by atoms with Gasteiger partial charge in [0.1, 0.15) is 11.4 Å². The van der Waals surface area contributed by atoms with Crippen LogP contribution in [0.4, 0.5) is 0 Å². The van der Waals surface area contributed by atoms with Gasteiger partial charge in [0, 0.05) is 29.2 Å². The van der Waals surface area contributed by atoms with Gasteiger partial charge in [-0.25, -0.2) is 0 Å². The van der Waals surface area contributed by atoms with Crippen LogP contribution in [0.1, 0.15) is 71.6 Å². The highest BCUT2D eigenvalue weighted by molar-refractivity contribution is 5.98. The molecule has 7 rings (SSSR count). The van der Waals surface area contributed by atoms with Gasteiger partial charge in [0.2, 0.25) is 11.8 Å². The van der Waals surface area contributed by atoms with Gasteiger partial charge in [0.15, 0.2) is 5.78 Å². The van der Waals surface area contributed by atoms with Gasteiger partial charge in [-0.15, -0.1) is 0 Å². The molecule has 1 aromatic heterocycles. The van der Waals surface area contributed by atoms with Gasteiger partial charge in [-0.1, -0.05) is 24.3 Å². The van der Waals surface area contributed by atoms with Crippen molar-refractivity contribution in [2.24, 2.45) is 0 Å². The number of hydrogen-bond acceptors (Lipinski definition) is 6. The predicted molar refractivity (Wildman–Crippen MR) is 144 cm³/mol. The summed E-state index contributed by atoms with van der Waals surface area (Å²) in [6, 6.07) is 18.9. The van der Waals surface area contributed by atoms with Crippen LogP contribution in [0, 0.1) is 11.3 Å². The first kappa shape index (κ1) is 23.8. The molecule has 2 aliphatic heterocycles. The molecule has 1 saturated heterocycles. The highest BCUT2D eigenvalue weighted by atomic mass is 16.5. The smallest absolute Gasteiger partial charge is 0.205 e. The van der Waals surface area contributed by atoms with E-state index in [1.54, 1.807) is 12.1 Å². The minimum atomic E-state index is -0.788. The third kappa shape index (κ3) is 3.34. The number of ether oxygens (including phenoxy) is 2. The average Bonchev–Trinajstić information content (AvgIpc) is 3.52. The summed E-state index contributed by atoms with van der Waals surface area (Å²) in [5, 5.41) is 34.2. The van der Waals surface area contributed by atoms with Crippen molar-refractivity contribution in [2.75, 3.05) is 6.61 Å². The molecule has 7 nitrogen and oxygen atoms in total. The van der Waals surface area contributed by atoms with Gasteiger partial charge >= 0.3 is 0 Å². The Labute approximate surface area is 225 Å². The minimum absolute atomic E-state index is 0.0401. The summed E-state index contributed by atoms with van der Waals surface area (Å²) in [7, 11) is 0. The predicted octanol–water partition coefficient (Wildman–Crippen LogP) is 6.14. The van der Waals surface area contributed by atoms with Crippen molar-refractivity contribution in [2.45, 2.75) is 56.7 Å². The van der Waals surface area contributed by atoms with E-state index in [4.69, 9.17) is 9.47 Å². The second kappa shape index (κ2) is 8.36. The van der Waals surface area contributed by atoms with Crippen molar-refractivity contribution < 1.29 is 24.5 Å². The summed E-state index contributed by atoms with van der Waals surface area (Å²) in [5.74, 6) is 0.816. The van der Waals surface area contributed by atoms with Crippen molar-refractivity contribution in [1.82, 2.24) is 4.57 Å². The van der Waals surface area contributed by atoms with E-state index in [1.165, 1.54) is 4.57 Å². The van der Waals surface area contributed by atoms with Crippen molar-refractivity contribution in [3.8, 4) is 29.3 Å². The molecular formula is C32H28N2O5. The molecule has 2 atom stereocenters. The molecule has 0 saturated carbocycles. The SMILES string of the molecule is C[C@]12CC[C@](CCOc3ccc4c(c3)CCCC4=O)(O1)c1c2c(O)n(-c2ccc(C#N)c3ccccc23)c1O. The van der Waals surface area contributed by atoms with E-state index in [0.29, 0.717) is 60.4 Å². The van der Waals surface area contributed by atoms with E-state index in [-0.39, 0.29) is 17.5 Å². The molecule has 4 aromatic rings. The number of rotatable bonds is 5. The van der Waals surface area contributed by atoms with E-state index in [2.05, 4.69) is 6.07 Å². The zero-order valence-corrected chi connectivity index (χ0v) is 21.7. The molecule has 196 valence electrons. The summed E-state index contributed by atoms with van der Waals surface area (Å²) >= 11 is 0. The maximum absolute atomic E-state index is 12.2. The van der Waals surface area contributed by atoms with Crippen LogP contribution >= 0.6 is 0 Å². The fourth-order valence-corrected chi connectivity index (χ4v) is 6.96. The lowest BCUT2D eigenvalue weighted by atomic mass is 9.78. The topological polar surface area (TPSA) is 105 Å². The van der Waals surface area contributed by atoms with Gasteiger partial charge in [-0.05, 0) is 68.5 Å². The highest BCUT2D eigenvalue weighted by Gasteiger charge is 2.61. The molecule has 39 heavy (non-hydrogen) atoms. The number of benzene rings is 3. The molecule has 0 amide bonds. The summed E-state index contributed by atoms with van der Waals surface area (Å²) < 4.78 is 14.2. The summed E-state index contributed by atoms with van der Waals surface area (Å²) in [6.45, 7) is 2.32. The molecule has 0 radical (unpaired) electrons. The van der Waals surface area contributed by atoms with Gasteiger partial charge in [-0.3, -0.25) is 9.36 Å². The number of carbonyl (C=O) groups excluding carboxylic acids is 1. The summed E-state index contributed by atoms with van der Waals surface area (Å²) in [5.41, 5.74) is 2.67. The van der Waals surface area contributed by atoms with Crippen LogP contribution in [0.15, 0.2) is 54.6 Å². The van der Waals surface area contributed by atoms with Gasteiger partial charge in [0.25, 0.3) is 0 Å². The number of nitriles is 1. The van der Waals surface area contributed by atoms with Gasteiger partial charge in [0.05, 0.1) is 40.7 Å². The molecule has 3 heterocycles. The highest BCUT2D eigenvalue weighted by Crippen LogP contribution is 2.65. The van der Waals surface area contributed by atoms with E-state index < -0.39 is 11.2 Å². The third-order valence-electron chi connectivity index (χ3n) is 8.80. The number of fused-ring (bicyclic) bond motifs is 7. The molecular weight excluding hydrogens is 492 g/mol. The number of aromatic hydroxyl groups is 2. The molecule has 7 heteroatoms. The first-order chi connectivity index (χ1) is 18.8. The van der Waals surface area contributed by atoms with E-state index in [9.17, 15) is 20.3 Å². The van der Waals surface area contributed by atoms with Crippen molar-refractivity contribution in [3.05, 3.63) is 82.4 Å². The Hall–Kier alpha value is -4.28. The second-order valence-electron chi connectivity index (χ2n) is 11.0. The molecule has 0 unspecified atom stereocenters. The van der Waals surface area contributed by atoms with Crippen LogP contribution < -0.4 is 4.74 Å². The fourth-order valence-electron chi connectivity index (χ4n) is 6.96. The van der Waals surface area contributed by atoms with Crippen LogP contribution in [0.3, 0.4) is 0 Å². The number of aryl methyl sites for hydroxylation is 1.